The molecule has 1 aliphatic heterocycles. The topological polar surface area (TPSA) is 24.5 Å². The molecule has 0 bridgehead atoms. The van der Waals surface area contributed by atoms with Crippen LogP contribution in [0.25, 0.3) is 0 Å². The molecule has 1 fully saturated rings. The van der Waals surface area contributed by atoms with Gasteiger partial charge in [-0.1, -0.05) is 15.9 Å². The average Bonchev–Trinajstić information content (AvgIpc) is 2.40. The van der Waals surface area contributed by atoms with Crippen LogP contribution in [-0.2, 0) is 0 Å². The van der Waals surface area contributed by atoms with Gasteiger partial charge in [0, 0.05) is 15.4 Å². The van der Waals surface area contributed by atoms with E-state index < -0.39 is 0 Å². The molecular weight excluding hydrogens is 324 g/mol. The van der Waals surface area contributed by atoms with Gasteiger partial charge in [0.05, 0.1) is 7.11 Å². The van der Waals surface area contributed by atoms with Gasteiger partial charge in [-0.2, -0.15) is 0 Å². The first-order valence-electron chi connectivity index (χ1n) is 6.44. The summed E-state index contributed by atoms with van der Waals surface area (Å²) in [6, 6.07) is 6.50. The quantitative estimate of drug-likeness (QED) is 0.805. The zero-order valence-electron chi connectivity index (χ0n) is 11.8. The van der Waals surface area contributed by atoms with Gasteiger partial charge in [0.25, 0.3) is 0 Å². The summed E-state index contributed by atoms with van der Waals surface area (Å²) in [5, 5.41) is 3.34. The molecule has 3 nitrogen and oxygen atoms in total. The Hall–Kier alpha value is -0.230. The summed E-state index contributed by atoms with van der Waals surface area (Å²) in [6.07, 6.45) is 2.62. The van der Waals surface area contributed by atoms with E-state index in [2.05, 4.69) is 52.9 Å². The lowest BCUT2D eigenvalue weighted by Crippen LogP contribution is -2.39. The molecule has 19 heavy (non-hydrogen) atoms. The molecule has 1 aliphatic rings. The minimum absolute atomic E-state index is 0.798. The van der Waals surface area contributed by atoms with Crippen LogP contribution >= 0.6 is 28.6 Å². The third-order valence-electron chi connectivity index (χ3n) is 3.18. The second-order valence-corrected chi connectivity index (χ2v) is 6.16. The Balaban J connectivity index is 0.000000191. The first-order chi connectivity index (χ1) is 9.04. The van der Waals surface area contributed by atoms with Gasteiger partial charge in [0.2, 0.25) is 0 Å². The van der Waals surface area contributed by atoms with Gasteiger partial charge in [0.15, 0.2) is 0 Å². The Morgan fingerprint density at radius 2 is 1.95 bits per heavy atom. The van der Waals surface area contributed by atoms with Crippen molar-refractivity contribution < 1.29 is 4.74 Å². The highest BCUT2D eigenvalue weighted by Crippen LogP contribution is 2.25. The molecule has 0 radical (unpaired) electrons. The van der Waals surface area contributed by atoms with Crippen molar-refractivity contribution in [2.24, 2.45) is 0 Å². The van der Waals surface area contributed by atoms with E-state index in [1.165, 1.54) is 25.9 Å². The van der Waals surface area contributed by atoms with Gasteiger partial charge in [-0.15, -0.1) is 12.6 Å². The number of nitrogens with one attached hydrogen (secondary N) is 1. The largest absolute Gasteiger partial charge is 0.496 e. The van der Waals surface area contributed by atoms with E-state index in [-0.39, 0.29) is 0 Å². The molecule has 1 N–H and O–H groups in total. The fourth-order valence-corrected chi connectivity index (χ4v) is 2.83. The summed E-state index contributed by atoms with van der Waals surface area (Å²) >= 11 is 7.51. The van der Waals surface area contributed by atoms with Crippen LogP contribution in [0.5, 0.6) is 5.75 Å². The van der Waals surface area contributed by atoms with Crippen molar-refractivity contribution in [2.45, 2.75) is 23.8 Å². The van der Waals surface area contributed by atoms with E-state index >= 15 is 0 Å². The molecule has 0 atom stereocenters. The van der Waals surface area contributed by atoms with Gasteiger partial charge in [-0.25, -0.2) is 0 Å². The van der Waals surface area contributed by atoms with E-state index in [9.17, 15) is 0 Å². The first kappa shape index (κ1) is 16.8. The Labute approximate surface area is 130 Å². The molecule has 0 saturated carbocycles. The highest BCUT2D eigenvalue weighted by Gasteiger charge is 2.13. The number of methoxy groups -OCH3 is 1. The van der Waals surface area contributed by atoms with Crippen molar-refractivity contribution >= 4 is 28.6 Å². The van der Waals surface area contributed by atoms with E-state index in [1.54, 1.807) is 7.11 Å². The van der Waals surface area contributed by atoms with Gasteiger partial charge < -0.3 is 15.0 Å². The predicted molar refractivity (Wildman–Crippen MR) is 87.5 cm³/mol. The number of halogens is 1. The minimum atomic E-state index is 0.798. The maximum atomic E-state index is 5.00. The molecule has 0 aliphatic carbocycles. The van der Waals surface area contributed by atoms with Crippen LogP contribution in [0.2, 0.25) is 0 Å². The second-order valence-electron chi connectivity index (χ2n) is 4.76. The number of thiol groups is 1. The van der Waals surface area contributed by atoms with Gasteiger partial charge in [-0.3, -0.25) is 0 Å². The maximum Gasteiger partial charge on any atom is 0.132 e. The van der Waals surface area contributed by atoms with E-state index in [4.69, 9.17) is 4.74 Å². The number of hydrogen-bond acceptors (Lipinski definition) is 4. The van der Waals surface area contributed by atoms with Crippen molar-refractivity contribution in [2.75, 3.05) is 34.3 Å². The zero-order valence-corrected chi connectivity index (χ0v) is 14.3. The molecule has 0 amide bonds. The number of rotatable bonds is 2. The fourth-order valence-electron chi connectivity index (χ4n) is 1.99. The van der Waals surface area contributed by atoms with Crippen molar-refractivity contribution in [3.8, 4) is 5.75 Å². The number of nitrogens with zero attached hydrogens (tertiary/aromatic N) is 1. The van der Waals surface area contributed by atoms with Gasteiger partial charge in [-0.05, 0) is 58.2 Å². The minimum Gasteiger partial charge on any atom is -0.496 e. The Bertz CT molecular complexity index is 382. The van der Waals surface area contributed by atoms with Crippen LogP contribution < -0.4 is 10.1 Å². The van der Waals surface area contributed by atoms with E-state index in [0.717, 1.165) is 21.2 Å². The number of piperidine rings is 1. The first-order valence-corrected chi connectivity index (χ1v) is 7.68. The molecule has 2 rings (SSSR count). The van der Waals surface area contributed by atoms with Crippen LogP contribution in [0.15, 0.2) is 27.6 Å². The summed E-state index contributed by atoms with van der Waals surface area (Å²) in [4.78, 5) is 3.16. The van der Waals surface area contributed by atoms with Crippen LogP contribution in [0, 0.1) is 0 Å². The predicted octanol–water partition coefficient (Wildman–Crippen LogP) is 3.05. The summed E-state index contributed by atoms with van der Waals surface area (Å²) < 4.78 is 6.02. The highest BCUT2D eigenvalue weighted by molar-refractivity contribution is 9.10. The average molecular weight is 347 g/mol. The highest BCUT2D eigenvalue weighted by atomic mass is 79.9. The van der Waals surface area contributed by atoms with E-state index in [0.29, 0.717) is 0 Å². The summed E-state index contributed by atoms with van der Waals surface area (Å²) in [5.74, 6) is 0.798. The third-order valence-corrected chi connectivity index (χ3v) is 4.02. The standard InChI is InChI=1S/C7H7BrOS.C7H16N2/c1-9-6-3-2-5(8)4-7(6)10;1-9(2)7-3-5-8-6-4-7/h2-4,10H,1H3;7-8H,3-6H2,1-2H3. The Morgan fingerprint density at radius 1 is 1.32 bits per heavy atom. The molecule has 0 unspecified atom stereocenters. The lowest BCUT2D eigenvalue weighted by molar-refractivity contribution is 0.238. The summed E-state index contributed by atoms with van der Waals surface area (Å²) in [5.41, 5.74) is 0. The third kappa shape index (κ3) is 6.17. The Kier molecular flexibility index (Phi) is 7.83. The Morgan fingerprint density at radius 3 is 2.37 bits per heavy atom. The lowest BCUT2D eigenvalue weighted by atomic mass is 10.1. The zero-order chi connectivity index (χ0) is 14.3. The monoisotopic (exact) mass is 346 g/mol. The lowest BCUT2D eigenvalue weighted by Gasteiger charge is -2.28. The normalized spacial score (nSPS) is 15.9. The van der Waals surface area contributed by atoms with E-state index in [1.807, 2.05) is 18.2 Å². The molecule has 108 valence electrons. The SMILES string of the molecule is CN(C)C1CCNCC1.COc1ccc(Br)cc1S. The molecule has 1 aromatic rings. The van der Waals surface area contributed by atoms with Crippen LogP contribution in [0.4, 0.5) is 0 Å². The molecule has 1 aromatic carbocycles. The van der Waals surface area contributed by atoms with Crippen LogP contribution in [0.3, 0.4) is 0 Å². The second kappa shape index (κ2) is 8.84. The van der Waals surface area contributed by atoms with Crippen molar-refractivity contribution in [1.29, 1.82) is 0 Å². The van der Waals surface area contributed by atoms with Crippen molar-refractivity contribution in [1.82, 2.24) is 10.2 Å². The summed E-state index contributed by atoms with van der Waals surface area (Å²) in [7, 11) is 5.95. The maximum absolute atomic E-state index is 5.00. The molecule has 1 saturated heterocycles. The summed E-state index contributed by atoms with van der Waals surface area (Å²) in [6.45, 7) is 2.39. The fraction of sp³-hybridized carbons (Fsp3) is 0.571. The van der Waals surface area contributed by atoms with Crippen LogP contribution in [-0.4, -0.2) is 45.2 Å². The van der Waals surface area contributed by atoms with Gasteiger partial charge >= 0.3 is 0 Å². The number of hydrogen-bond donors (Lipinski definition) is 2. The molecular formula is C14H23BrN2OS. The van der Waals surface area contributed by atoms with Gasteiger partial charge in [0.1, 0.15) is 5.75 Å². The number of ether oxygens (including phenoxy) is 1. The van der Waals surface area contributed by atoms with Crippen molar-refractivity contribution in [3.05, 3.63) is 22.7 Å². The molecule has 0 aromatic heterocycles. The smallest absolute Gasteiger partial charge is 0.132 e. The molecule has 1 heterocycles. The molecule has 5 heteroatoms. The van der Waals surface area contributed by atoms with Crippen LogP contribution in [0.1, 0.15) is 12.8 Å². The molecule has 0 spiro atoms. The number of benzene rings is 1. The van der Waals surface area contributed by atoms with Crippen molar-refractivity contribution in [3.63, 3.8) is 0 Å².